The Balaban J connectivity index is 2.09. The van der Waals surface area contributed by atoms with Gasteiger partial charge in [-0.1, -0.05) is 19.4 Å². The normalized spacial score (nSPS) is 34.2. The third-order valence-corrected chi connectivity index (χ3v) is 6.20. The van der Waals surface area contributed by atoms with E-state index >= 15 is 0 Å². The van der Waals surface area contributed by atoms with Crippen LogP contribution in [0.5, 0.6) is 11.5 Å². The first kappa shape index (κ1) is 16.6. The van der Waals surface area contributed by atoms with Crippen LogP contribution in [-0.4, -0.2) is 50.0 Å². The van der Waals surface area contributed by atoms with Gasteiger partial charge >= 0.3 is 0 Å². The molecule has 4 nitrogen and oxygen atoms in total. The van der Waals surface area contributed by atoms with Crippen molar-refractivity contribution >= 4 is 0 Å². The molecule has 0 spiro atoms. The average molecular weight is 319 g/mol. The Labute approximate surface area is 139 Å². The van der Waals surface area contributed by atoms with Crippen molar-refractivity contribution in [2.45, 2.75) is 50.2 Å². The van der Waals surface area contributed by atoms with E-state index in [0.717, 1.165) is 43.7 Å². The van der Waals surface area contributed by atoms with E-state index in [1.54, 1.807) is 14.2 Å². The van der Waals surface area contributed by atoms with E-state index in [9.17, 15) is 5.11 Å². The summed E-state index contributed by atoms with van der Waals surface area (Å²) >= 11 is 0. The molecule has 0 aromatic heterocycles. The topological polar surface area (TPSA) is 41.9 Å². The average Bonchev–Trinajstić information content (AvgIpc) is 2.91. The zero-order valence-corrected chi connectivity index (χ0v) is 14.7. The van der Waals surface area contributed by atoms with Crippen molar-refractivity contribution < 1.29 is 14.6 Å². The van der Waals surface area contributed by atoms with Gasteiger partial charge in [0.15, 0.2) is 11.5 Å². The Morgan fingerprint density at radius 1 is 1.22 bits per heavy atom. The summed E-state index contributed by atoms with van der Waals surface area (Å²) in [5, 5.41) is 10.3. The second-order valence-electron chi connectivity index (χ2n) is 7.09. The molecule has 1 aromatic rings. The van der Waals surface area contributed by atoms with Crippen LogP contribution in [0.15, 0.2) is 18.2 Å². The number of aliphatic hydroxyl groups excluding tert-OH is 1. The van der Waals surface area contributed by atoms with E-state index in [-0.39, 0.29) is 11.5 Å². The summed E-state index contributed by atoms with van der Waals surface area (Å²) in [6.45, 7) is 3.34. The van der Waals surface area contributed by atoms with Crippen LogP contribution in [0.1, 0.15) is 38.2 Å². The van der Waals surface area contributed by atoms with Crippen molar-refractivity contribution in [3.63, 3.8) is 0 Å². The van der Waals surface area contributed by atoms with Crippen LogP contribution < -0.4 is 9.47 Å². The van der Waals surface area contributed by atoms with Crippen LogP contribution >= 0.6 is 0 Å². The van der Waals surface area contributed by atoms with Crippen molar-refractivity contribution in [2.24, 2.45) is 5.92 Å². The minimum absolute atomic E-state index is 0.113. The maximum absolute atomic E-state index is 10.3. The van der Waals surface area contributed by atoms with Gasteiger partial charge in [-0.3, -0.25) is 0 Å². The zero-order chi connectivity index (χ0) is 16.6. The van der Waals surface area contributed by atoms with Crippen LogP contribution in [0.3, 0.4) is 0 Å². The predicted octanol–water partition coefficient (Wildman–Crippen LogP) is 2.83. The van der Waals surface area contributed by atoms with Crippen LogP contribution in [0.2, 0.25) is 0 Å². The number of hydrogen-bond acceptors (Lipinski definition) is 4. The third kappa shape index (κ3) is 2.52. The molecule has 4 atom stereocenters. The van der Waals surface area contributed by atoms with Crippen LogP contribution in [-0.2, 0) is 5.41 Å². The summed E-state index contributed by atoms with van der Waals surface area (Å²) in [7, 11) is 5.56. The van der Waals surface area contributed by atoms with Crippen LogP contribution in [0.25, 0.3) is 0 Å². The molecular formula is C19H29NO3. The van der Waals surface area contributed by atoms with E-state index in [4.69, 9.17) is 9.47 Å². The van der Waals surface area contributed by atoms with Gasteiger partial charge in [0.25, 0.3) is 0 Å². The van der Waals surface area contributed by atoms with E-state index in [1.807, 2.05) is 6.07 Å². The molecule has 1 heterocycles. The lowest BCUT2D eigenvalue weighted by atomic mass is 9.58. The molecule has 2 aliphatic rings. The van der Waals surface area contributed by atoms with Gasteiger partial charge in [-0.25, -0.2) is 0 Å². The highest BCUT2D eigenvalue weighted by Gasteiger charge is 2.54. The number of methoxy groups -OCH3 is 2. The SMILES string of the molecule is CC[C@@H]1C[C@@H](O)C[C@@H]2N(C)CC[C@]12c1ccc(OC)c(OC)c1. The maximum atomic E-state index is 10.3. The minimum atomic E-state index is -0.182. The van der Waals surface area contributed by atoms with E-state index in [1.165, 1.54) is 5.56 Å². The lowest BCUT2D eigenvalue weighted by molar-refractivity contribution is 0.0149. The van der Waals surface area contributed by atoms with E-state index < -0.39 is 0 Å². The highest BCUT2D eigenvalue weighted by Crippen LogP contribution is 2.53. The number of nitrogens with zero attached hydrogens (tertiary/aromatic N) is 1. The molecule has 2 fully saturated rings. The summed E-state index contributed by atoms with van der Waals surface area (Å²) in [5.41, 5.74) is 1.45. The summed E-state index contributed by atoms with van der Waals surface area (Å²) < 4.78 is 10.9. The predicted molar refractivity (Wildman–Crippen MR) is 91.3 cm³/mol. The second-order valence-corrected chi connectivity index (χ2v) is 7.09. The molecule has 1 saturated heterocycles. The number of ether oxygens (including phenoxy) is 2. The van der Waals surface area contributed by atoms with Crippen LogP contribution in [0, 0.1) is 5.92 Å². The van der Waals surface area contributed by atoms with Gasteiger partial charge in [-0.2, -0.15) is 0 Å². The lowest BCUT2D eigenvalue weighted by Crippen LogP contribution is -2.52. The van der Waals surface area contributed by atoms with Crippen molar-refractivity contribution in [1.29, 1.82) is 0 Å². The number of likely N-dealkylation sites (N-methyl/N-ethyl adjacent to an activating group) is 1. The molecule has 1 aliphatic carbocycles. The van der Waals surface area contributed by atoms with Gasteiger partial charge in [0.05, 0.1) is 20.3 Å². The van der Waals surface area contributed by atoms with E-state index in [2.05, 4.69) is 31.0 Å². The molecule has 0 radical (unpaired) electrons. The largest absolute Gasteiger partial charge is 0.493 e. The first-order chi connectivity index (χ1) is 11.1. The van der Waals surface area contributed by atoms with Gasteiger partial charge in [-0.05, 0) is 56.5 Å². The molecule has 1 N–H and O–H groups in total. The van der Waals surface area contributed by atoms with Crippen molar-refractivity contribution in [3.8, 4) is 11.5 Å². The van der Waals surface area contributed by atoms with Crippen molar-refractivity contribution in [3.05, 3.63) is 23.8 Å². The fourth-order valence-corrected chi connectivity index (χ4v) is 5.07. The fraction of sp³-hybridized carbons (Fsp3) is 0.684. The fourth-order valence-electron chi connectivity index (χ4n) is 5.07. The highest BCUT2D eigenvalue weighted by atomic mass is 16.5. The number of hydrogen-bond donors (Lipinski definition) is 1. The number of fused-ring (bicyclic) bond motifs is 1. The Bertz CT molecular complexity index is 562. The number of aliphatic hydroxyl groups is 1. The first-order valence-electron chi connectivity index (χ1n) is 8.67. The standard InChI is InChI=1S/C19H29NO3/c1-5-13-10-15(21)12-18-19(13,8-9-20(18)2)14-6-7-16(22-3)17(11-14)23-4/h6-7,11,13,15,18,21H,5,8-10,12H2,1-4H3/t13-,15-,18+,19-/m1/s1. The molecule has 3 rings (SSSR count). The van der Waals surface area contributed by atoms with Gasteiger partial charge in [0, 0.05) is 11.5 Å². The summed E-state index contributed by atoms with van der Waals surface area (Å²) in [4.78, 5) is 2.43. The monoisotopic (exact) mass is 319 g/mol. The Morgan fingerprint density at radius 3 is 2.61 bits per heavy atom. The summed E-state index contributed by atoms with van der Waals surface area (Å²) in [5.74, 6) is 2.08. The Morgan fingerprint density at radius 2 is 1.96 bits per heavy atom. The molecule has 1 saturated carbocycles. The second kappa shape index (κ2) is 6.33. The minimum Gasteiger partial charge on any atom is -0.493 e. The number of rotatable bonds is 4. The van der Waals surface area contributed by atoms with Gasteiger partial charge < -0.3 is 19.5 Å². The number of benzene rings is 1. The summed E-state index contributed by atoms with van der Waals surface area (Å²) in [6.07, 6.45) is 3.82. The Kier molecular flexibility index (Phi) is 4.56. The molecule has 23 heavy (non-hydrogen) atoms. The van der Waals surface area contributed by atoms with E-state index in [0.29, 0.717) is 12.0 Å². The number of likely N-dealkylation sites (tertiary alicyclic amines) is 1. The first-order valence-corrected chi connectivity index (χ1v) is 8.67. The van der Waals surface area contributed by atoms with Crippen molar-refractivity contribution in [2.75, 3.05) is 27.8 Å². The zero-order valence-electron chi connectivity index (χ0n) is 14.7. The third-order valence-electron chi connectivity index (χ3n) is 6.20. The quantitative estimate of drug-likeness (QED) is 0.926. The molecule has 4 heteroatoms. The molecule has 128 valence electrons. The molecule has 0 bridgehead atoms. The van der Waals surface area contributed by atoms with Gasteiger partial charge in [-0.15, -0.1) is 0 Å². The van der Waals surface area contributed by atoms with Gasteiger partial charge in [0.1, 0.15) is 0 Å². The van der Waals surface area contributed by atoms with Gasteiger partial charge in [0.2, 0.25) is 0 Å². The summed E-state index contributed by atoms with van der Waals surface area (Å²) in [6, 6.07) is 6.78. The van der Waals surface area contributed by atoms with Crippen LogP contribution in [0.4, 0.5) is 0 Å². The lowest BCUT2D eigenvalue weighted by Gasteiger charge is -2.49. The maximum Gasteiger partial charge on any atom is 0.161 e. The molecule has 0 unspecified atom stereocenters. The molecule has 1 aliphatic heterocycles. The Hall–Kier alpha value is -1.26. The molecule has 1 aromatic carbocycles. The van der Waals surface area contributed by atoms with Crippen molar-refractivity contribution in [1.82, 2.24) is 4.90 Å². The smallest absolute Gasteiger partial charge is 0.161 e. The highest BCUT2D eigenvalue weighted by molar-refractivity contribution is 5.47. The molecular weight excluding hydrogens is 290 g/mol. The molecule has 0 amide bonds.